The smallest absolute Gasteiger partial charge is 0.291 e. The van der Waals surface area contributed by atoms with Crippen molar-refractivity contribution in [2.24, 2.45) is 5.84 Å². The Kier molecular flexibility index (Phi) is 5.39. The number of hydrogen-bond acceptors (Lipinski definition) is 3. The molecule has 1 amide bonds. The number of rotatable bonds is 4. The van der Waals surface area contributed by atoms with Crippen LogP contribution in [0.4, 0.5) is 17.6 Å². The molecule has 0 fully saturated rings. The van der Waals surface area contributed by atoms with E-state index in [1.54, 1.807) is 6.07 Å². The summed E-state index contributed by atoms with van der Waals surface area (Å²) in [6.45, 7) is 0. The van der Waals surface area contributed by atoms with Gasteiger partial charge in [-0.15, -0.1) is 13.2 Å². The Labute approximate surface area is 161 Å². The van der Waals surface area contributed by atoms with E-state index in [2.05, 4.69) is 5.10 Å². The van der Waals surface area contributed by atoms with Gasteiger partial charge in [-0.3, -0.25) is 10.2 Å². The lowest BCUT2D eigenvalue weighted by molar-refractivity contribution is -0.209. The quantitative estimate of drug-likeness (QED) is 0.224. The summed E-state index contributed by atoms with van der Waals surface area (Å²) in [5, 5.41) is 3.94. The van der Waals surface area contributed by atoms with Crippen LogP contribution in [0.5, 0.6) is 0 Å². The monoisotopic (exact) mass is 412 g/mol. The van der Waals surface area contributed by atoms with Gasteiger partial charge in [0, 0.05) is 16.5 Å². The summed E-state index contributed by atoms with van der Waals surface area (Å²) in [4.78, 5) is 11.3. The van der Waals surface area contributed by atoms with Gasteiger partial charge < -0.3 is 0 Å². The lowest BCUT2D eigenvalue weighted by atomic mass is 9.99. The van der Waals surface area contributed by atoms with Crippen molar-refractivity contribution in [1.82, 2.24) is 15.2 Å². The summed E-state index contributed by atoms with van der Waals surface area (Å²) in [6, 6.07) is 8.15. The van der Waals surface area contributed by atoms with Gasteiger partial charge in [0.1, 0.15) is 5.82 Å². The number of hydrazine groups is 1. The molecular weight excluding hydrogens is 400 g/mol. The molecular formula is C18H13ClF4N4O. The standard InChI is InChI=1S/C18H13ClF4N4O/c19-13-9-12(20)5-4-10(13)8-11-2-1-3-15-17(11)14(6-7-16(28)25-24)26-27(15)18(21,22)23/h1-7,9H,8,24H2,(H,25,28)/b7-6+. The molecule has 0 spiro atoms. The Balaban J connectivity index is 2.18. The van der Waals surface area contributed by atoms with Gasteiger partial charge in [0.2, 0.25) is 0 Å². The van der Waals surface area contributed by atoms with Crippen molar-refractivity contribution in [3.8, 4) is 0 Å². The molecule has 0 aliphatic heterocycles. The molecule has 0 radical (unpaired) electrons. The van der Waals surface area contributed by atoms with Crippen LogP contribution in [0, 0.1) is 5.82 Å². The van der Waals surface area contributed by atoms with E-state index in [4.69, 9.17) is 17.4 Å². The van der Waals surface area contributed by atoms with Gasteiger partial charge >= 0.3 is 6.30 Å². The lowest BCUT2D eigenvalue weighted by Crippen LogP contribution is -2.27. The Morgan fingerprint density at radius 3 is 2.64 bits per heavy atom. The van der Waals surface area contributed by atoms with Gasteiger partial charge in [-0.05, 0) is 41.8 Å². The molecule has 2 aromatic carbocycles. The van der Waals surface area contributed by atoms with Gasteiger partial charge in [-0.25, -0.2) is 10.2 Å². The van der Waals surface area contributed by atoms with Crippen LogP contribution in [-0.2, 0) is 17.5 Å². The molecule has 0 bridgehead atoms. The summed E-state index contributed by atoms with van der Waals surface area (Å²) >= 11 is 6.05. The van der Waals surface area contributed by atoms with Crippen LogP contribution in [0.25, 0.3) is 17.0 Å². The minimum Gasteiger partial charge on any atom is -0.291 e. The van der Waals surface area contributed by atoms with Crippen molar-refractivity contribution in [3.05, 3.63) is 70.1 Å². The average molecular weight is 413 g/mol. The molecule has 10 heteroatoms. The highest BCUT2D eigenvalue weighted by molar-refractivity contribution is 6.31. The maximum Gasteiger partial charge on any atom is 0.505 e. The Bertz CT molecular complexity index is 1080. The summed E-state index contributed by atoms with van der Waals surface area (Å²) in [5.74, 6) is 3.76. The molecule has 0 saturated heterocycles. The second-order valence-electron chi connectivity index (χ2n) is 5.83. The number of nitrogens with one attached hydrogen (secondary N) is 1. The number of amides is 1. The molecule has 0 aliphatic carbocycles. The van der Waals surface area contributed by atoms with Crippen LogP contribution < -0.4 is 11.3 Å². The SMILES string of the molecule is NNC(=O)/C=C/c1nn(C(F)(F)F)c2cccc(Cc3ccc(F)cc3Cl)c12. The second kappa shape index (κ2) is 7.61. The maximum atomic E-state index is 13.4. The third kappa shape index (κ3) is 4.00. The predicted molar refractivity (Wildman–Crippen MR) is 96.6 cm³/mol. The zero-order valence-corrected chi connectivity index (χ0v) is 14.9. The van der Waals surface area contributed by atoms with Crippen LogP contribution in [0.2, 0.25) is 5.02 Å². The topological polar surface area (TPSA) is 72.9 Å². The van der Waals surface area contributed by atoms with Crippen LogP contribution in [0.15, 0.2) is 42.5 Å². The highest BCUT2D eigenvalue weighted by Gasteiger charge is 2.34. The van der Waals surface area contributed by atoms with E-state index in [0.29, 0.717) is 11.1 Å². The van der Waals surface area contributed by atoms with Crippen LogP contribution in [0.3, 0.4) is 0 Å². The fraction of sp³-hybridized carbons (Fsp3) is 0.111. The highest BCUT2D eigenvalue weighted by Crippen LogP contribution is 2.33. The predicted octanol–water partition coefficient (Wildman–Crippen LogP) is 3.90. The Morgan fingerprint density at radius 1 is 1.25 bits per heavy atom. The van der Waals surface area contributed by atoms with E-state index in [0.717, 1.165) is 18.2 Å². The Hall–Kier alpha value is -2.91. The third-order valence-electron chi connectivity index (χ3n) is 3.99. The van der Waals surface area contributed by atoms with E-state index in [-0.39, 0.29) is 32.7 Å². The van der Waals surface area contributed by atoms with Crippen molar-refractivity contribution in [3.63, 3.8) is 0 Å². The van der Waals surface area contributed by atoms with Crippen molar-refractivity contribution in [1.29, 1.82) is 0 Å². The maximum absolute atomic E-state index is 13.4. The Morgan fingerprint density at radius 2 is 2.00 bits per heavy atom. The van der Waals surface area contributed by atoms with E-state index in [1.807, 2.05) is 5.43 Å². The van der Waals surface area contributed by atoms with Crippen LogP contribution in [-0.4, -0.2) is 15.7 Å². The van der Waals surface area contributed by atoms with Gasteiger partial charge in [0.05, 0.1) is 11.2 Å². The molecule has 28 heavy (non-hydrogen) atoms. The van der Waals surface area contributed by atoms with Gasteiger partial charge in [-0.2, -0.15) is 9.78 Å². The van der Waals surface area contributed by atoms with E-state index >= 15 is 0 Å². The highest BCUT2D eigenvalue weighted by atomic mass is 35.5. The number of nitrogens with zero attached hydrogens (tertiary/aromatic N) is 2. The van der Waals surface area contributed by atoms with Crippen LogP contribution >= 0.6 is 11.6 Å². The molecule has 0 atom stereocenters. The first-order chi connectivity index (χ1) is 13.2. The summed E-state index contributed by atoms with van der Waals surface area (Å²) in [7, 11) is 0. The number of aromatic nitrogens is 2. The number of nitrogens with two attached hydrogens (primary N) is 1. The number of carbonyl (C=O) groups excluding carboxylic acids is 1. The average Bonchev–Trinajstić information content (AvgIpc) is 3.02. The molecule has 3 rings (SSSR count). The lowest BCUT2D eigenvalue weighted by Gasteiger charge is -2.09. The second-order valence-corrected chi connectivity index (χ2v) is 6.24. The molecule has 146 valence electrons. The molecule has 3 aromatic rings. The van der Waals surface area contributed by atoms with Gasteiger partial charge in [0.15, 0.2) is 0 Å². The minimum atomic E-state index is -4.76. The molecule has 3 N–H and O–H groups in total. The van der Waals surface area contributed by atoms with Crippen molar-refractivity contribution >= 4 is 34.5 Å². The fourth-order valence-electron chi connectivity index (χ4n) is 2.80. The van der Waals surface area contributed by atoms with Crippen molar-refractivity contribution in [2.45, 2.75) is 12.7 Å². The zero-order chi connectivity index (χ0) is 20.5. The first-order valence-electron chi connectivity index (χ1n) is 7.91. The first kappa shape index (κ1) is 19.8. The summed E-state index contributed by atoms with van der Waals surface area (Å²) < 4.78 is 53.3. The number of halogens is 5. The van der Waals surface area contributed by atoms with Gasteiger partial charge in [-0.1, -0.05) is 29.8 Å². The zero-order valence-electron chi connectivity index (χ0n) is 14.1. The molecule has 1 aromatic heterocycles. The molecule has 0 saturated carbocycles. The first-order valence-corrected chi connectivity index (χ1v) is 8.29. The van der Waals surface area contributed by atoms with Crippen molar-refractivity contribution < 1.29 is 22.4 Å². The number of hydrogen-bond donors (Lipinski definition) is 2. The van der Waals surface area contributed by atoms with Gasteiger partial charge in [0.25, 0.3) is 5.91 Å². The minimum absolute atomic E-state index is 0.0650. The van der Waals surface area contributed by atoms with E-state index < -0.39 is 18.0 Å². The van der Waals surface area contributed by atoms with E-state index in [1.165, 1.54) is 24.3 Å². The number of alkyl halides is 3. The largest absolute Gasteiger partial charge is 0.505 e. The summed E-state index contributed by atoms with van der Waals surface area (Å²) in [5.41, 5.74) is 2.62. The molecule has 0 aliphatic rings. The fourth-order valence-corrected chi connectivity index (χ4v) is 3.03. The molecule has 5 nitrogen and oxygen atoms in total. The van der Waals surface area contributed by atoms with Crippen molar-refractivity contribution in [2.75, 3.05) is 0 Å². The summed E-state index contributed by atoms with van der Waals surface area (Å²) in [6.07, 6.45) is -2.50. The number of benzene rings is 2. The molecule has 0 unspecified atom stereocenters. The normalized spacial score (nSPS) is 12.1. The number of fused-ring (bicyclic) bond motifs is 1. The van der Waals surface area contributed by atoms with Crippen LogP contribution in [0.1, 0.15) is 16.8 Å². The van der Waals surface area contributed by atoms with E-state index in [9.17, 15) is 22.4 Å². The molecule has 1 heterocycles. The number of carbonyl (C=O) groups is 1. The third-order valence-corrected chi connectivity index (χ3v) is 4.34.